The number of aliphatic hydroxyl groups excluding tert-OH is 1. The minimum absolute atomic E-state index is 0.0325. The SMILES string of the molecule is CC(CC(O)c1ccccc1)NC(=O)C1CCCC(N)C1. The van der Waals surface area contributed by atoms with Crippen molar-refractivity contribution in [2.24, 2.45) is 11.7 Å². The van der Waals surface area contributed by atoms with Gasteiger partial charge in [0.25, 0.3) is 0 Å². The fraction of sp³-hybridized carbons (Fsp3) is 0.588. The Hall–Kier alpha value is -1.39. The van der Waals surface area contributed by atoms with Gasteiger partial charge in [-0.15, -0.1) is 0 Å². The van der Waals surface area contributed by atoms with E-state index in [9.17, 15) is 9.90 Å². The quantitative estimate of drug-likeness (QED) is 0.777. The summed E-state index contributed by atoms with van der Waals surface area (Å²) in [6, 6.07) is 9.65. The highest BCUT2D eigenvalue weighted by molar-refractivity contribution is 5.79. The van der Waals surface area contributed by atoms with Crippen LogP contribution in [-0.4, -0.2) is 23.1 Å². The fourth-order valence-electron chi connectivity index (χ4n) is 3.03. The average Bonchev–Trinajstić information content (AvgIpc) is 2.48. The molecule has 1 saturated carbocycles. The second-order valence-corrected chi connectivity index (χ2v) is 6.20. The van der Waals surface area contributed by atoms with Crippen molar-refractivity contribution in [2.45, 2.75) is 57.2 Å². The third kappa shape index (κ3) is 4.83. The maximum atomic E-state index is 12.2. The molecule has 4 N–H and O–H groups in total. The lowest BCUT2D eigenvalue weighted by Gasteiger charge is -2.27. The van der Waals surface area contributed by atoms with Gasteiger partial charge in [-0.1, -0.05) is 36.8 Å². The number of benzene rings is 1. The summed E-state index contributed by atoms with van der Waals surface area (Å²) in [5.74, 6) is 0.114. The molecule has 4 unspecified atom stereocenters. The largest absolute Gasteiger partial charge is 0.388 e. The molecule has 1 amide bonds. The summed E-state index contributed by atoms with van der Waals surface area (Å²) in [6.07, 6.45) is 3.73. The maximum Gasteiger partial charge on any atom is 0.223 e. The zero-order chi connectivity index (χ0) is 15.2. The molecule has 0 aromatic heterocycles. The number of nitrogens with one attached hydrogen (secondary N) is 1. The molecule has 1 aromatic carbocycles. The summed E-state index contributed by atoms with van der Waals surface area (Å²) in [5, 5.41) is 13.2. The number of carbonyl (C=O) groups excluding carboxylic acids is 1. The summed E-state index contributed by atoms with van der Waals surface area (Å²) in [4.78, 5) is 12.2. The standard InChI is InChI=1S/C17H26N2O2/c1-12(10-16(20)13-6-3-2-4-7-13)19-17(21)14-8-5-9-15(18)11-14/h2-4,6-7,12,14-16,20H,5,8-11,18H2,1H3,(H,19,21). The van der Waals surface area contributed by atoms with Crippen LogP contribution in [0.25, 0.3) is 0 Å². The van der Waals surface area contributed by atoms with Gasteiger partial charge in [0, 0.05) is 18.0 Å². The second-order valence-electron chi connectivity index (χ2n) is 6.20. The Bertz CT molecular complexity index is 449. The molecule has 4 heteroatoms. The second kappa shape index (κ2) is 7.57. The molecule has 21 heavy (non-hydrogen) atoms. The maximum absolute atomic E-state index is 12.2. The van der Waals surface area contributed by atoms with Gasteiger partial charge in [-0.2, -0.15) is 0 Å². The van der Waals surface area contributed by atoms with Gasteiger partial charge in [0.15, 0.2) is 0 Å². The normalized spacial score (nSPS) is 25.1. The van der Waals surface area contributed by atoms with E-state index in [4.69, 9.17) is 5.73 Å². The van der Waals surface area contributed by atoms with Crippen LogP contribution in [0, 0.1) is 5.92 Å². The molecule has 0 saturated heterocycles. The van der Waals surface area contributed by atoms with E-state index >= 15 is 0 Å². The molecule has 0 bridgehead atoms. The van der Waals surface area contributed by atoms with Gasteiger partial charge in [-0.25, -0.2) is 0 Å². The van der Waals surface area contributed by atoms with Crippen molar-refractivity contribution in [3.63, 3.8) is 0 Å². The Morgan fingerprint density at radius 3 is 2.76 bits per heavy atom. The van der Waals surface area contributed by atoms with E-state index in [1.54, 1.807) is 0 Å². The zero-order valence-electron chi connectivity index (χ0n) is 12.7. The lowest BCUT2D eigenvalue weighted by atomic mass is 9.85. The lowest BCUT2D eigenvalue weighted by molar-refractivity contribution is -0.126. The van der Waals surface area contributed by atoms with Crippen molar-refractivity contribution < 1.29 is 9.90 Å². The van der Waals surface area contributed by atoms with E-state index in [1.807, 2.05) is 37.3 Å². The number of amides is 1. The van der Waals surface area contributed by atoms with Crippen molar-refractivity contribution in [3.05, 3.63) is 35.9 Å². The van der Waals surface area contributed by atoms with Crippen molar-refractivity contribution in [1.29, 1.82) is 0 Å². The number of rotatable bonds is 5. The third-order valence-electron chi connectivity index (χ3n) is 4.24. The van der Waals surface area contributed by atoms with Gasteiger partial charge in [0.1, 0.15) is 0 Å². The Labute approximate surface area is 126 Å². The summed E-state index contributed by atoms with van der Waals surface area (Å²) >= 11 is 0. The molecule has 0 spiro atoms. The summed E-state index contributed by atoms with van der Waals surface area (Å²) in [6.45, 7) is 1.94. The first-order valence-corrected chi connectivity index (χ1v) is 7.85. The summed E-state index contributed by atoms with van der Waals surface area (Å²) in [7, 11) is 0. The van der Waals surface area contributed by atoms with E-state index in [1.165, 1.54) is 0 Å². The van der Waals surface area contributed by atoms with Crippen LogP contribution in [0.4, 0.5) is 0 Å². The fourth-order valence-corrected chi connectivity index (χ4v) is 3.03. The molecule has 0 heterocycles. The molecule has 1 fully saturated rings. The van der Waals surface area contributed by atoms with Crippen LogP contribution >= 0.6 is 0 Å². The predicted octanol–water partition coefficient (Wildman–Crippen LogP) is 2.13. The van der Waals surface area contributed by atoms with Crippen LogP contribution in [0.1, 0.15) is 50.7 Å². The van der Waals surface area contributed by atoms with Crippen molar-refractivity contribution in [2.75, 3.05) is 0 Å². The molecule has 1 aliphatic rings. The van der Waals surface area contributed by atoms with Crippen LogP contribution in [0.3, 0.4) is 0 Å². The Balaban J connectivity index is 1.81. The first-order chi connectivity index (χ1) is 10.1. The Kier molecular flexibility index (Phi) is 5.76. The minimum Gasteiger partial charge on any atom is -0.388 e. The Morgan fingerprint density at radius 1 is 1.38 bits per heavy atom. The van der Waals surface area contributed by atoms with Crippen LogP contribution in [0.2, 0.25) is 0 Å². The van der Waals surface area contributed by atoms with Crippen LogP contribution in [0.5, 0.6) is 0 Å². The molecule has 1 aromatic rings. The van der Waals surface area contributed by atoms with Crippen LogP contribution < -0.4 is 11.1 Å². The number of hydrogen-bond donors (Lipinski definition) is 3. The zero-order valence-corrected chi connectivity index (χ0v) is 12.7. The molecule has 4 atom stereocenters. The van der Waals surface area contributed by atoms with E-state index in [0.717, 1.165) is 31.2 Å². The molecular weight excluding hydrogens is 264 g/mol. The topological polar surface area (TPSA) is 75.3 Å². The number of hydrogen-bond acceptors (Lipinski definition) is 3. The van der Waals surface area contributed by atoms with E-state index in [-0.39, 0.29) is 23.9 Å². The molecule has 4 nitrogen and oxygen atoms in total. The van der Waals surface area contributed by atoms with Gasteiger partial charge in [0.05, 0.1) is 6.10 Å². The number of nitrogens with two attached hydrogens (primary N) is 1. The predicted molar refractivity (Wildman–Crippen MR) is 83.6 cm³/mol. The van der Waals surface area contributed by atoms with E-state index < -0.39 is 6.10 Å². The first-order valence-electron chi connectivity index (χ1n) is 7.85. The molecule has 0 radical (unpaired) electrons. The van der Waals surface area contributed by atoms with Gasteiger partial charge in [-0.05, 0) is 38.2 Å². The van der Waals surface area contributed by atoms with Crippen molar-refractivity contribution in [1.82, 2.24) is 5.32 Å². The molecule has 2 rings (SSSR count). The van der Waals surface area contributed by atoms with Gasteiger partial charge in [0.2, 0.25) is 5.91 Å². The van der Waals surface area contributed by atoms with Gasteiger partial charge in [-0.3, -0.25) is 4.79 Å². The molecule has 116 valence electrons. The summed E-state index contributed by atoms with van der Waals surface area (Å²) in [5.41, 5.74) is 6.82. The highest BCUT2D eigenvalue weighted by Crippen LogP contribution is 2.24. The summed E-state index contributed by atoms with van der Waals surface area (Å²) < 4.78 is 0. The van der Waals surface area contributed by atoms with Crippen LogP contribution in [0.15, 0.2) is 30.3 Å². The van der Waals surface area contributed by atoms with Crippen molar-refractivity contribution >= 4 is 5.91 Å². The highest BCUT2D eigenvalue weighted by Gasteiger charge is 2.26. The minimum atomic E-state index is -0.546. The van der Waals surface area contributed by atoms with Gasteiger partial charge < -0.3 is 16.2 Å². The third-order valence-corrected chi connectivity index (χ3v) is 4.24. The lowest BCUT2D eigenvalue weighted by Crippen LogP contribution is -2.41. The highest BCUT2D eigenvalue weighted by atomic mass is 16.3. The van der Waals surface area contributed by atoms with E-state index in [0.29, 0.717) is 6.42 Å². The van der Waals surface area contributed by atoms with Gasteiger partial charge >= 0.3 is 0 Å². The van der Waals surface area contributed by atoms with Crippen molar-refractivity contribution in [3.8, 4) is 0 Å². The smallest absolute Gasteiger partial charge is 0.223 e. The first kappa shape index (κ1) is 16.0. The van der Waals surface area contributed by atoms with E-state index in [2.05, 4.69) is 5.32 Å². The molecular formula is C17H26N2O2. The average molecular weight is 290 g/mol. The molecule has 0 aliphatic heterocycles. The molecule has 1 aliphatic carbocycles. The Morgan fingerprint density at radius 2 is 2.10 bits per heavy atom. The number of aliphatic hydroxyl groups is 1. The monoisotopic (exact) mass is 290 g/mol. The van der Waals surface area contributed by atoms with Crippen LogP contribution in [-0.2, 0) is 4.79 Å². The number of carbonyl (C=O) groups is 1.